The zero-order valence-electron chi connectivity index (χ0n) is 12.1. The normalized spacial score (nSPS) is 16.2. The van der Waals surface area contributed by atoms with Crippen LogP contribution in [-0.4, -0.2) is 19.9 Å². The Balaban J connectivity index is 1.66. The van der Waals surface area contributed by atoms with Gasteiger partial charge in [-0.1, -0.05) is 41.4 Å². The van der Waals surface area contributed by atoms with Crippen LogP contribution in [0.1, 0.15) is 5.56 Å². The summed E-state index contributed by atoms with van der Waals surface area (Å²) in [6.45, 7) is 0. The Morgan fingerprint density at radius 1 is 1.12 bits per heavy atom. The molecule has 6 nitrogen and oxygen atoms in total. The molecular formula is C15H12Cl2N2O4S. The number of amides is 2. The number of fused-ring (bicyclic) bond motifs is 1. The number of anilines is 1. The molecule has 0 spiro atoms. The van der Waals surface area contributed by atoms with E-state index >= 15 is 0 Å². The Kier molecular flexibility index (Phi) is 4.58. The van der Waals surface area contributed by atoms with Crippen LogP contribution in [0.2, 0.25) is 10.0 Å². The lowest BCUT2D eigenvalue weighted by Crippen LogP contribution is -2.42. The van der Waals surface area contributed by atoms with E-state index in [1.165, 1.54) is 18.2 Å². The van der Waals surface area contributed by atoms with Crippen molar-refractivity contribution in [2.24, 2.45) is 0 Å². The van der Waals surface area contributed by atoms with Crippen molar-refractivity contribution in [2.45, 2.75) is 11.9 Å². The predicted molar refractivity (Wildman–Crippen MR) is 92.1 cm³/mol. The number of carbonyl (C=O) groups excluding carboxylic acids is 1. The molecular weight excluding hydrogens is 375 g/mol. The van der Waals surface area contributed by atoms with E-state index in [0.29, 0.717) is 16.5 Å². The molecule has 2 amide bonds. The standard InChI is InChI=1S/C15H12Cl2N2O4S/c16-11-6-5-10(8-12(11)17)18-15(20)19-24(21,22)14-7-9-3-1-2-4-13(9)23-14/h1-6,8,14H,7H2,(H2,18,19,20). The van der Waals surface area contributed by atoms with Gasteiger partial charge in [-0.05, 0) is 29.8 Å². The van der Waals surface area contributed by atoms with Crippen molar-refractivity contribution in [1.29, 1.82) is 0 Å². The molecule has 2 aromatic carbocycles. The molecule has 0 aromatic heterocycles. The second kappa shape index (κ2) is 6.51. The van der Waals surface area contributed by atoms with Crippen molar-refractivity contribution in [1.82, 2.24) is 4.72 Å². The van der Waals surface area contributed by atoms with Gasteiger partial charge < -0.3 is 10.1 Å². The minimum absolute atomic E-state index is 0.172. The molecule has 0 bridgehead atoms. The maximum atomic E-state index is 12.3. The first kappa shape index (κ1) is 16.9. The summed E-state index contributed by atoms with van der Waals surface area (Å²) >= 11 is 11.6. The van der Waals surface area contributed by atoms with E-state index in [-0.39, 0.29) is 11.4 Å². The van der Waals surface area contributed by atoms with Gasteiger partial charge in [0.05, 0.1) is 10.0 Å². The van der Waals surface area contributed by atoms with Crippen LogP contribution >= 0.6 is 23.2 Å². The zero-order valence-corrected chi connectivity index (χ0v) is 14.5. The van der Waals surface area contributed by atoms with Crippen LogP contribution in [0.5, 0.6) is 5.75 Å². The first-order valence-electron chi connectivity index (χ1n) is 6.87. The first-order valence-corrected chi connectivity index (χ1v) is 9.17. The average molecular weight is 387 g/mol. The fourth-order valence-electron chi connectivity index (χ4n) is 2.25. The molecule has 0 fully saturated rings. The fraction of sp³-hybridized carbons (Fsp3) is 0.133. The SMILES string of the molecule is O=C(Nc1ccc(Cl)c(Cl)c1)NS(=O)(=O)C1Cc2ccccc2O1. The van der Waals surface area contributed by atoms with Crippen molar-refractivity contribution in [3.8, 4) is 5.75 Å². The van der Waals surface area contributed by atoms with Crippen LogP contribution in [-0.2, 0) is 16.4 Å². The molecule has 0 saturated heterocycles. The van der Waals surface area contributed by atoms with Crippen LogP contribution in [0.4, 0.5) is 10.5 Å². The maximum Gasteiger partial charge on any atom is 0.332 e. The summed E-state index contributed by atoms with van der Waals surface area (Å²) in [5.74, 6) is 0.498. The molecule has 0 radical (unpaired) electrons. The van der Waals surface area contributed by atoms with Gasteiger partial charge in [0.2, 0.25) is 5.44 Å². The Morgan fingerprint density at radius 2 is 1.88 bits per heavy atom. The van der Waals surface area contributed by atoms with Crippen LogP contribution in [0.3, 0.4) is 0 Å². The summed E-state index contributed by atoms with van der Waals surface area (Å²) in [4.78, 5) is 11.9. The van der Waals surface area contributed by atoms with Crippen LogP contribution in [0.15, 0.2) is 42.5 Å². The summed E-state index contributed by atoms with van der Waals surface area (Å²) in [5, 5.41) is 2.95. The van der Waals surface area contributed by atoms with Gasteiger partial charge in [-0.25, -0.2) is 17.9 Å². The molecule has 24 heavy (non-hydrogen) atoms. The third-order valence-electron chi connectivity index (χ3n) is 3.38. The lowest BCUT2D eigenvalue weighted by molar-refractivity contribution is 0.255. The van der Waals surface area contributed by atoms with Gasteiger partial charge in [0.15, 0.2) is 0 Å². The Bertz CT molecular complexity index is 877. The van der Waals surface area contributed by atoms with Gasteiger partial charge in [-0.15, -0.1) is 0 Å². The van der Waals surface area contributed by atoms with E-state index in [4.69, 9.17) is 27.9 Å². The number of nitrogens with one attached hydrogen (secondary N) is 2. The van der Waals surface area contributed by atoms with E-state index in [1.807, 2.05) is 4.72 Å². The van der Waals surface area contributed by atoms with Gasteiger partial charge in [0, 0.05) is 12.1 Å². The third kappa shape index (κ3) is 3.58. The van der Waals surface area contributed by atoms with E-state index in [9.17, 15) is 13.2 Å². The van der Waals surface area contributed by atoms with Crippen LogP contribution in [0.25, 0.3) is 0 Å². The molecule has 3 rings (SSSR count). The molecule has 1 aliphatic heterocycles. The number of hydrogen-bond donors (Lipinski definition) is 2. The molecule has 9 heteroatoms. The van der Waals surface area contributed by atoms with Crippen molar-refractivity contribution in [3.63, 3.8) is 0 Å². The topological polar surface area (TPSA) is 84.5 Å². The Morgan fingerprint density at radius 3 is 2.58 bits per heavy atom. The highest BCUT2D eigenvalue weighted by atomic mass is 35.5. The number of rotatable bonds is 3. The van der Waals surface area contributed by atoms with Gasteiger partial charge in [-0.3, -0.25) is 0 Å². The highest BCUT2D eigenvalue weighted by Gasteiger charge is 2.35. The molecule has 1 unspecified atom stereocenters. The Hall–Kier alpha value is -1.96. The lowest BCUT2D eigenvalue weighted by atomic mass is 10.2. The van der Waals surface area contributed by atoms with Crippen LogP contribution in [0, 0.1) is 0 Å². The van der Waals surface area contributed by atoms with Crippen LogP contribution < -0.4 is 14.8 Å². The average Bonchev–Trinajstić information content (AvgIpc) is 2.95. The molecule has 1 heterocycles. The van der Waals surface area contributed by atoms with Gasteiger partial charge >= 0.3 is 6.03 Å². The minimum Gasteiger partial charge on any atom is -0.472 e. The molecule has 2 N–H and O–H groups in total. The summed E-state index contributed by atoms with van der Waals surface area (Å²) in [6, 6.07) is 10.5. The summed E-state index contributed by atoms with van der Waals surface area (Å²) in [6.07, 6.45) is 0.172. The molecule has 1 aliphatic rings. The van der Waals surface area contributed by atoms with Crippen molar-refractivity contribution < 1.29 is 17.9 Å². The zero-order chi connectivity index (χ0) is 17.3. The number of ether oxygens (including phenoxy) is 1. The Labute approximate surface area is 148 Å². The minimum atomic E-state index is -4.01. The first-order chi connectivity index (χ1) is 11.3. The highest BCUT2D eigenvalue weighted by Crippen LogP contribution is 2.30. The molecule has 0 saturated carbocycles. The maximum absolute atomic E-state index is 12.3. The van der Waals surface area contributed by atoms with Gasteiger partial charge in [0.25, 0.3) is 10.0 Å². The monoisotopic (exact) mass is 386 g/mol. The quantitative estimate of drug-likeness (QED) is 0.846. The van der Waals surface area contributed by atoms with E-state index < -0.39 is 21.5 Å². The molecule has 0 aliphatic carbocycles. The number of halogens is 2. The molecule has 2 aromatic rings. The van der Waals surface area contributed by atoms with Gasteiger partial charge in [-0.2, -0.15) is 0 Å². The number of sulfonamides is 1. The summed E-state index contributed by atoms with van der Waals surface area (Å²) in [5.41, 5.74) is -0.0695. The third-order valence-corrected chi connectivity index (χ3v) is 5.54. The number of urea groups is 1. The summed E-state index contributed by atoms with van der Waals surface area (Å²) in [7, 11) is -4.01. The number of carbonyl (C=O) groups is 1. The second-order valence-electron chi connectivity index (χ2n) is 5.09. The van der Waals surface area contributed by atoms with Gasteiger partial charge in [0.1, 0.15) is 5.75 Å². The summed E-state index contributed by atoms with van der Waals surface area (Å²) < 4.78 is 31.9. The highest BCUT2D eigenvalue weighted by molar-refractivity contribution is 7.90. The van der Waals surface area contributed by atoms with Crippen molar-refractivity contribution in [3.05, 3.63) is 58.1 Å². The predicted octanol–water partition coefficient (Wildman–Crippen LogP) is 3.41. The molecule has 126 valence electrons. The van der Waals surface area contributed by atoms with E-state index in [1.54, 1.807) is 24.3 Å². The fourth-order valence-corrected chi connectivity index (χ4v) is 3.62. The van der Waals surface area contributed by atoms with E-state index in [0.717, 1.165) is 5.56 Å². The second-order valence-corrected chi connectivity index (χ2v) is 7.72. The molecule has 1 atom stereocenters. The van der Waals surface area contributed by atoms with Crippen molar-refractivity contribution >= 4 is 44.9 Å². The lowest BCUT2D eigenvalue weighted by Gasteiger charge is -2.14. The number of hydrogen-bond acceptors (Lipinski definition) is 4. The largest absolute Gasteiger partial charge is 0.472 e. The number of para-hydroxylation sites is 1. The van der Waals surface area contributed by atoms with E-state index in [2.05, 4.69) is 5.32 Å². The smallest absolute Gasteiger partial charge is 0.332 e. The number of benzene rings is 2. The van der Waals surface area contributed by atoms with Crippen molar-refractivity contribution in [2.75, 3.05) is 5.32 Å².